The normalized spacial score (nSPS) is 17.6. The van der Waals surface area contributed by atoms with Crippen LogP contribution in [0.3, 0.4) is 0 Å². The van der Waals surface area contributed by atoms with E-state index in [2.05, 4.69) is 24.3 Å². The van der Waals surface area contributed by atoms with Crippen LogP contribution < -0.4 is 0 Å². The molecule has 0 aromatic heterocycles. The minimum Gasteiger partial charge on any atom is -0.461 e. The summed E-state index contributed by atoms with van der Waals surface area (Å²) in [6.45, 7) is 4.36. The number of carbonyl (C=O) groups is 1. The number of benzene rings is 2. The Morgan fingerprint density at radius 1 is 0.923 bits per heavy atom. The molecule has 1 fully saturated rings. The Morgan fingerprint density at radius 3 is 2.15 bits per heavy atom. The van der Waals surface area contributed by atoms with E-state index >= 15 is 0 Å². The van der Waals surface area contributed by atoms with Gasteiger partial charge in [-0.25, -0.2) is 8.42 Å². The number of piperidine rings is 1. The van der Waals surface area contributed by atoms with Crippen molar-refractivity contribution in [3.05, 3.63) is 108 Å². The van der Waals surface area contributed by atoms with Crippen molar-refractivity contribution in [3.8, 4) is 0 Å². The maximum atomic E-state index is 13.5. The number of aryl methyl sites for hydroxylation is 2. The molecule has 5 nitrogen and oxygen atoms in total. The number of hydrogen-bond donors (Lipinski definition) is 0. The maximum absolute atomic E-state index is 13.5. The van der Waals surface area contributed by atoms with E-state index in [1.807, 2.05) is 80.6 Å². The average molecular weight is 550 g/mol. The fraction of sp³-hybridized carbons (Fsp3) is 0.424. The quantitative estimate of drug-likeness (QED) is 0.289. The number of rotatable bonds is 11. The summed E-state index contributed by atoms with van der Waals surface area (Å²) in [5.41, 5.74) is 3.15. The van der Waals surface area contributed by atoms with Crippen LogP contribution in [0.1, 0.15) is 63.5 Å². The van der Waals surface area contributed by atoms with Gasteiger partial charge in [0.2, 0.25) is 10.0 Å². The molecular weight excluding hydrogens is 506 g/mol. The molecule has 0 amide bonds. The zero-order valence-electron chi connectivity index (χ0n) is 23.4. The van der Waals surface area contributed by atoms with Crippen molar-refractivity contribution in [1.82, 2.24) is 4.31 Å². The second kappa shape index (κ2) is 16.2. The van der Waals surface area contributed by atoms with Gasteiger partial charge in [0.1, 0.15) is 12.1 Å². The molecule has 6 heteroatoms. The highest BCUT2D eigenvalue weighted by atomic mass is 32.2. The highest BCUT2D eigenvalue weighted by molar-refractivity contribution is 7.89. The lowest BCUT2D eigenvalue weighted by Gasteiger charge is -2.34. The summed E-state index contributed by atoms with van der Waals surface area (Å²) in [6, 6.07) is 19.6. The number of ether oxygens (including phenoxy) is 1. The van der Waals surface area contributed by atoms with Crippen LogP contribution in [-0.2, 0) is 32.4 Å². The first kappa shape index (κ1) is 30.6. The SMILES string of the molecule is CC.O=C(OC(CCc1ccccc1)CCc1ccccc1)C1CCCCN1S(=O)(=O)CC1=CCC=CC=C1. The molecule has 210 valence electrons. The Morgan fingerprint density at radius 2 is 1.54 bits per heavy atom. The summed E-state index contributed by atoms with van der Waals surface area (Å²) in [4.78, 5) is 13.5. The summed E-state index contributed by atoms with van der Waals surface area (Å²) >= 11 is 0. The monoisotopic (exact) mass is 549 g/mol. The van der Waals surface area contributed by atoms with E-state index in [1.54, 1.807) is 0 Å². The molecule has 0 N–H and O–H groups in total. The molecule has 1 atom stereocenters. The van der Waals surface area contributed by atoms with Crippen LogP contribution in [0.2, 0.25) is 0 Å². The van der Waals surface area contributed by atoms with Crippen molar-refractivity contribution < 1.29 is 17.9 Å². The van der Waals surface area contributed by atoms with Crippen molar-refractivity contribution in [3.63, 3.8) is 0 Å². The molecule has 1 heterocycles. The number of esters is 1. The Hall–Kier alpha value is -2.96. The van der Waals surface area contributed by atoms with Gasteiger partial charge in [-0.3, -0.25) is 4.79 Å². The second-order valence-corrected chi connectivity index (χ2v) is 11.7. The third-order valence-electron chi connectivity index (χ3n) is 6.98. The van der Waals surface area contributed by atoms with Crippen LogP contribution in [0.25, 0.3) is 0 Å². The zero-order chi connectivity index (χ0) is 27.9. The molecule has 1 aliphatic carbocycles. The molecule has 1 saturated heterocycles. The van der Waals surface area contributed by atoms with Crippen LogP contribution in [-0.4, -0.2) is 43.1 Å². The molecule has 2 aromatic carbocycles. The van der Waals surface area contributed by atoms with Crippen molar-refractivity contribution in [2.45, 2.75) is 77.4 Å². The molecule has 4 rings (SSSR count). The van der Waals surface area contributed by atoms with Crippen LogP contribution in [0.15, 0.2) is 96.6 Å². The first-order chi connectivity index (χ1) is 19.0. The predicted octanol–water partition coefficient (Wildman–Crippen LogP) is 6.82. The van der Waals surface area contributed by atoms with Crippen LogP contribution >= 0.6 is 0 Å². The van der Waals surface area contributed by atoms with E-state index < -0.39 is 22.0 Å². The van der Waals surface area contributed by atoms with Crippen molar-refractivity contribution >= 4 is 16.0 Å². The molecule has 0 bridgehead atoms. The van der Waals surface area contributed by atoms with Gasteiger partial charge >= 0.3 is 5.97 Å². The van der Waals surface area contributed by atoms with E-state index in [4.69, 9.17) is 4.74 Å². The Labute approximate surface area is 235 Å². The summed E-state index contributed by atoms with van der Waals surface area (Å²) in [6.07, 6.45) is 15.0. The van der Waals surface area contributed by atoms with E-state index in [-0.39, 0.29) is 11.9 Å². The van der Waals surface area contributed by atoms with Crippen molar-refractivity contribution in [2.24, 2.45) is 0 Å². The first-order valence-electron chi connectivity index (χ1n) is 14.3. The molecule has 39 heavy (non-hydrogen) atoms. The molecule has 2 aliphatic rings. The number of nitrogens with zero attached hydrogens (tertiary/aromatic N) is 1. The van der Waals surface area contributed by atoms with Gasteiger partial charge < -0.3 is 4.74 Å². The number of hydrogen-bond acceptors (Lipinski definition) is 4. The third-order valence-corrected chi connectivity index (χ3v) is 8.83. The smallest absolute Gasteiger partial charge is 0.324 e. The lowest BCUT2D eigenvalue weighted by molar-refractivity contribution is -0.155. The fourth-order valence-electron chi connectivity index (χ4n) is 4.95. The minimum absolute atomic E-state index is 0.0968. The molecule has 1 unspecified atom stereocenters. The van der Waals surface area contributed by atoms with E-state index in [9.17, 15) is 13.2 Å². The van der Waals surface area contributed by atoms with Gasteiger partial charge in [0.05, 0.1) is 5.75 Å². The van der Waals surface area contributed by atoms with Crippen LogP contribution in [0.4, 0.5) is 0 Å². The van der Waals surface area contributed by atoms with Gasteiger partial charge in [-0.1, -0.05) is 105 Å². The van der Waals surface area contributed by atoms with Gasteiger partial charge in [-0.05, 0) is 68.1 Å². The second-order valence-electron chi connectivity index (χ2n) is 9.79. The summed E-state index contributed by atoms with van der Waals surface area (Å²) in [5, 5.41) is 0. The van der Waals surface area contributed by atoms with E-state index in [1.165, 1.54) is 15.4 Å². The summed E-state index contributed by atoms with van der Waals surface area (Å²) in [7, 11) is -3.65. The fourth-order valence-corrected chi connectivity index (χ4v) is 6.74. The van der Waals surface area contributed by atoms with Gasteiger partial charge in [-0.2, -0.15) is 4.31 Å². The van der Waals surface area contributed by atoms with Crippen molar-refractivity contribution in [2.75, 3.05) is 12.3 Å². The Bertz CT molecular complexity index is 1160. The van der Waals surface area contributed by atoms with Gasteiger partial charge in [0.25, 0.3) is 0 Å². The van der Waals surface area contributed by atoms with Crippen LogP contribution in [0, 0.1) is 0 Å². The first-order valence-corrected chi connectivity index (χ1v) is 15.9. The maximum Gasteiger partial charge on any atom is 0.324 e. The highest BCUT2D eigenvalue weighted by Gasteiger charge is 2.38. The summed E-state index contributed by atoms with van der Waals surface area (Å²) in [5.74, 6) is -0.512. The molecule has 0 radical (unpaired) electrons. The molecular formula is C33H43NO4S. The predicted molar refractivity (Wildman–Crippen MR) is 160 cm³/mol. The number of sulfonamides is 1. The highest BCUT2D eigenvalue weighted by Crippen LogP contribution is 2.25. The third kappa shape index (κ3) is 9.94. The van der Waals surface area contributed by atoms with Gasteiger partial charge in [-0.15, -0.1) is 0 Å². The van der Waals surface area contributed by atoms with Crippen molar-refractivity contribution in [1.29, 1.82) is 0 Å². The number of allylic oxidation sites excluding steroid dienone is 5. The molecule has 0 saturated carbocycles. The topological polar surface area (TPSA) is 63.7 Å². The van der Waals surface area contributed by atoms with Crippen LogP contribution in [0.5, 0.6) is 0 Å². The lowest BCUT2D eigenvalue weighted by Crippen LogP contribution is -2.50. The van der Waals surface area contributed by atoms with Gasteiger partial charge in [0.15, 0.2) is 0 Å². The summed E-state index contributed by atoms with van der Waals surface area (Å²) < 4.78 is 34.3. The number of carbonyl (C=O) groups excluding carboxylic acids is 1. The molecule has 1 aliphatic heterocycles. The molecule has 2 aromatic rings. The standard InChI is InChI=1S/C31H37NO4S.C2H6/c33-31(30-19-11-12-24-32(30)37(34,35)25-28-17-5-1-2-6-18-28)36-29(22-20-26-13-7-3-8-14-26)23-21-27-15-9-4-10-16-27;1-2/h1-5,7-10,13-18,29-30H,6,11-12,19-25H2;1-2H3. The zero-order valence-corrected chi connectivity index (χ0v) is 24.2. The van der Waals surface area contributed by atoms with E-state index in [0.717, 1.165) is 31.3 Å². The Balaban J connectivity index is 0.00000205. The van der Waals surface area contributed by atoms with E-state index in [0.29, 0.717) is 32.2 Å². The van der Waals surface area contributed by atoms with Gasteiger partial charge in [0, 0.05) is 6.54 Å². The lowest BCUT2D eigenvalue weighted by atomic mass is 10.0. The molecule has 0 spiro atoms. The minimum atomic E-state index is -3.65. The largest absolute Gasteiger partial charge is 0.461 e. The Kier molecular flexibility index (Phi) is 12.7. The average Bonchev–Trinajstić information content (AvgIpc) is 3.24.